The summed E-state index contributed by atoms with van der Waals surface area (Å²) < 4.78 is 8.51. The molecule has 1 N–H and O–H groups in total. The molecule has 0 fully saturated rings. The molecule has 0 aliphatic rings. The number of aryl methyl sites for hydroxylation is 4. The zero-order valence-corrected chi connectivity index (χ0v) is 20.8. The van der Waals surface area contributed by atoms with E-state index in [0.717, 1.165) is 39.7 Å². The van der Waals surface area contributed by atoms with Crippen LogP contribution in [0.5, 0.6) is 0 Å². The third-order valence-electron chi connectivity index (χ3n) is 6.24. The summed E-state index contributed by atoms with van der Waals surface area (Å²) in [4.78, 5) is 35.8. The zero-order valence-electron chi connectivity index (χ0n) is 20.8. The Hall–Kier alpha value is -4.27. The van der Waals surface area contributed by atoms with E-state index >= 15 is 0 Å². The van der Waals surface area contributed by atoms with Crippen molar-refractivity contribution in [2.24, 2.45) is 0 Å². The van der Waals surface area contributed by atoms with Gasteiger partial charge in [-0.25, -0.2) is 4.98 Å². The number of hydrogen-bond acceptors (Lipinski definition) is 6. The van der Waals surface area contributed by atoms with Crippen molar-refractivity contribution in [1.82, 2.24) is 24.3 Å². The Bertz CT molecular complexity index is 1660. The molecule has 2 aromatic carbocycles. The van der Waals surface area contributed by atoms with Gasteiger partial charge in [0, 0.05) is 17.5 Å². The minimum Gasteiger partial charge on any atom is -0.337 e. The maximum atomic E-state index is 13.7. The highest BCUT2D eigenvalue weighted by Crippen LogP contribution is 2.27. The molecule has 5 rings (SSSR count). The fraction of sp³-hybridized carbons (Fsp3) is 0.296. The van der Waals surface area contributed by atoms with Crippen LogP contribution in [0.1, 0.15) is 41.8 Å². The zero-order chi connectivity index (χ0) is 25.4. The van der Waals surface area contributed by atoms with Crippen LogP contribution in [0.2, 0.25) is 0 Å². The maximum absolute atomic E-state index is 13.7. The van der Waals surface area contributed by atoms with E-state index in [1.807, 2.05) is 64.1 Å². The summed E-state index contributed by atoms with van der Waals surface area (Å²) in [6, 6.07) is 11.8. The summed E-state index contributed by atoms with van der Waals surface area (Å²) in [6.07, 6.45) is 3.10. The minimum atomic E-state index is -0.274. The lowest BCUT2D eigenvalue weighted by molar-refractivity contribution is -0.116. The van der Waals surface area contributed by atoms with Crippen molar-refractivity contribution in [2.75, 3.05) is 5.32 Å². The van der Waals surface area contributed by atoms with Crippen LogP contribution in [-0.4, -0.2) is 30.2 Å². The smallest absolute Gasteiger partial charge is 0.278 e. The molecule has 5 aromatic rings. The van der Waals surface area contributed by atoms with Crippen LogP contribution in [-0.2, 0) is 24.3 Å². The highest BCUT2D eigenvalue weighted by atomic mass is 16.5. The summed E-state index contributed by atoms with van der Waals surface area (Å²) in [7, 11) is 0. The summed E-state index contributed by atoms with van der Waals surface area (Å²) in [5, 5.41) is 7.80. The van der Waals surface area contributed by atoms with Gasteiger partial charge in [0.05, 0.1) is 11.8 Å². The van der Waals surface area contributed by atoms with Gasteiger partial charge in [-0.2, -0.15) is 4.98 Å². The van der Waals surface area contributed by atoms with Crippen LogP contribution in [0.25, 0.3) is 21.9 Å². The molecule has 0 unspecified atom stereocenters. The minimum absolute atomic E-state index is 0.0292. The maximum Gasteiger partial charge on any atom is 0.278 e. The predicted molar refractivity (Wildman–Crippen MR) is 138 cm³/mol. The number of nitrogens with one attached hydrogen (secondary N) is 1. The molecule has 0 aliphatic carbocycles. The molecule has 0 aliphatic heterocycles. The van der Waals surface area contributed by atoms with E-state index in [9.17, 15) is 9.59 Å². The van der Waals surface area contributed by atoms with Crippen LogP contribution in [0.15, 0.2) is 52.0 Å². The Kier molecular flexibility index (Phi) is 6.13. The quantitative estimate of drug-likeness (QED) is 0.369. The van der Waals surface area contributed by atoms with Gasteiger partial charge in [-0.15, -0.1) is 0 Å². The van der Waals surface area contributed by atoms with E-state index < -0.39 is 0 Å². The van der Waals surface area contributed by atoms with E-state index in [1.165, 1.54) is 10.9 Å². The number of carbonyl (C=O) groups is 1. The highest BCUT2D eigenvalue weighted by Gasteiger charge is 2.20. The van der Waals surface area contributed by atoms with Gasteiger partial charge in [0.15, 0.2) is 5.82 Å². The molecule has 3 aromatic heterocycles. The van der Waals surface area contributed by atoms with Crippen molar-refractivity contribution < 1.29 is 9.32 Å². The highest BCUT2D eigenvalue weighted by molar-refractivity contribution is 6.06. The molecule has 0 bridgehead atoms. The molecular formula is C27H28N6O3. The average Bonchev–Trinajstić information content (AvgIpc) is 3.40. The lowest BCUT2D eigenvalue weighted by Crippen LogP contribution is -2.25. The predicted octanol–water partition coefficient (Wildman–Crippen LogP) is 4.30. The first kappa shape index (κ1) is 23.5. The lowest BCUT2D eigenvalue weighted by atomic mass is 10.1. The normalized spacial score (nSPS) is 11.4. The summed E-state index contributed by atoms with van der Waals surface area (Å²) in [6.45, 7) is 8.03. The molecule has 9 nitrogen and oxygen atoms in total. The largest absolute Gasteiger partial charge is 0.337 e. The van der Waals surface area contributed by atoms with Gasteiger partial charge in [0.1, 0.15) is 24.1 Å². The topological polar surface area (TPSA) is 108 Å². The van der Waals surface area contributed by atoms with Crippen molar-refractivity contribution in [3.05, 3.63) is 81.5 Å². The summed E-state index contributed by atoms with van der Waals surface area (Å²) >= 11 is 0. The van der Waals surface area contributed by atoms with Crippen LogP contribution >= 0.6 is 0 Å². The third kappa shape index (κ3) is 4.39. The molecule has 3 heterocycles. The van der Waals surface area contributed by atoms with Gasteiger partial charge >= 0.3 is 0 Å². The molecule has 1 amide bonds. The Labute approximate surface area is 207 Å². The first-order valence-electron chi connectivity index (χ1n) is 12.0. The standard InChI is InChI=1S/C27H28N6O3/c1-5-6-22-30-24(36-31-22)14-32-15-28-25-19-11-16(2)8-10-21(19)33(26(25)27(32)35)13-23(34)29-20-12-17(3)7-9-18(20)4/h7-12,15H,5-6,13-14H2,1-4H3,(H,29,34). The second-order valence-electron chi connectivity index (χ2n) is 9.20. The third-order valence-corrected chi connectivity index (χ3v) is 6.24. The monoisotopic (exact) mass is 484 g/mol. The number of anilines is 1. The van der Waals surface area contributed by atoms with Crippen LogP contribution in [0.4, 0.5) is 5.69 Å². The van der Waals surface area contributed by atoms with Gasteiger partial charge in [-0.05, 0) is 56.5 Å². The number of carbonyl (C=O) groups excluding carboxylic acids is 1. The van der Waals surface area contributed by atoms with Gasteiger partial charge < -0.3 is 14.4 Å². The molecular weight excluding hydrogens is 456 g/mol. The Morgan fingerprint density at radius 3 is 2.67 bits per heavy atom. The number of amides is 1. The van der Waals surface area contributed by atoms with Crippen LogP contribution in [0, 0.1) is 20.8 Å². The van der Waals surface area contributed by atoms with E-state index in [0.29, 0.717) is 29.2 Å². The van der Waals surface area contributed by atoms with Gasteiger partial charge in [0.25, 0.3) is 5.56 Å². The number of nitrogens with zero attached hydrogens (tertiary/aromatic N) is 5. The van der Waals surface area contributed by atoms with Crippen molar-refractivity contribution in [2.45, 2.75) is 53.6 Å². The van der Waals surface area contributed by atoms with E-state index in [1.54, 1.807) is 4.57 Å². The molecule has 184 valence electrons. The first-order valence-corrected chi connectivity index (χ1v) is 12.0. The lowest BCUT2D eigenvalue weighted by Gasteiger charge is -2.11. The van der Waals surface area contributed by atoms with Gasteiger partial charge in [0.2, 0.25) is 11.8 Å². The van der Waals surface area contributed by atoms with Crippen molar-refractivity contribution in [3.8, 4) is 0 Å². The van der Waals surface area contributed by atoms with Crippen molar-refractivity contribution in [3.63, 3.8) is 0 Å². The molecule has 36 heavy (non-hydrogen) atoms. The first-order chi connectivity index (χ1) is 17.3. The van der Waals surface area contributed by atoms with Crippen molar-refractivity contribution >= 4 is 33.5 Å². The van der Waals surface area contributed by atoms with Gasteiger partial charge in [-0.3, -0.25) is 14.2 Å². The van der Waals surface area contributed by atoms with Crippen molar-refractivity contribution in [1.29, 1.82) is 0 Å². The van der Waals surface area contributed by atoms with E-state index in [4.69, 9.17) is 4.52 Å². The molecule has 9 heteroatoms. The Morgan fingerprint density at radius 2 is 1.86 bits per heavy atom. The van der Waals surface area contributed by atoms with E-state index in [2.05, 4.69) is 20.4 Å². The SMILES string of the molecule is CCCc1noc(Cn2cnc3c4cc(C)ccc4n(CC(=O)Nc4cc(C)ccc4C)c3c2=O)n1. The van der Waals surface area contributed by atoms with Crippen LogP contribution < -0.4 is 10.9 Å². The number of fused-ring (bicyclic) bond motifs is 3. The average molecular weight is 485 g/mol. The summed E-state index contributed by atoms with van der Waals surface area (Å²) in [5.74, 6) is 0.731. The number of benzene rings is 2. The molecule has 0 atom stereocenters. The number of hydrogen-bond donors (Lipinski definition) is 1. The second kappa shape index (κ2) is 9.41. The summed E-state index contributed by atoms with van der Waals surface area (Å²) in [5.41, 5.74) is 5.25. The second-order valence-corrected chi connectivity index (χ2v) is 9.20. The molecule has 0 spiro atoms. The molecule has 0 saturated heterocycles. The fourth-order valence-corrected chi connectivity index (χ4v) is 4.42. The van der Waals surface area contributed by atoms with E-state index in [-0.39, 0.29) is 24.6 Å². The Balaban J connectivity index is 1.57. The molecule has 0 saturated carbocycles. The molecule has 0 radical (unpaired) electrons. The number of rotatable bonds is 7. The van der Waals surface area contributed by atoms with Crippen LogP contribution in [0.3, 0.4) is 0 Å². The number of aromatic nitrogens is 5. The Morgan fingerprint density at radius 1 is 1.08 bits per heavy atom. The fourth-order valence-electron chi connectivity index (χ4n) is 4.42. The van der Waals surface area contributed by atoms with Gasteiger partial charge in [-0.1, -0.05) is 35.8 Å².